The third-order valence-corrected chi connectivity index (χ3v) is 2.19. The number of carbonyl (C=O) groups is 1. The third-order valence-electron chi connectivity index (χ3n) is 2.19. The fourth-order valence-corrected chi connectivity index (χ4v) is 1.46. The van der Waals surface area contributed by atoms with Gasteiger partial charge in [0.2, 0.25) is 7.85 Å². The molecule has 0 heterocycles. The Morgan fingerprint density at radius 2 is 1.93 bits per heavy atom. The minimum atomic E-state index is -0.0446. The second kappa shape index (κ2) is 4.18. The molecule has 3 nitrogen and oxygen atoms in total. The molecule has 0 atom stereocenters. The first kappa shape index (κ1) is 10.6. The number of phenols is 1. The SMILES string of the molecule is BC(=O)NCc1c(C)cc(O)cc1C. The van der Waals surface area contributed by atoms with Gasteiger partial charge in [-0.2, -0.15) is 0 Å². The lowest BCUT2D eigenvalue weighted by molar-refractivity contribution is 0.259. The van der Waals surface area contributed by atoms with Gasteiger partial charge in [-0.05, 0) is 42.7 Å². The highest BCUT2D eigenvalue weighted by Crippen LogP contribution is 2.20. The highest BCUT2D eigenvalue weighted by molar-refractivity contribution is 6.57. The van der Waals surface area contributed by atoms with Gasteiger partial charge in [0.25, 0.3) is 0 Å². The number of hydrogen-bond donors (Lipinski definition) is 2. The summed E-state index contributed by atoms with van der Waals surface area (Å²) in [6.07, 6.45) is 0. The first-order valence-corrected chi connectivity index (χ1v) is 4.54. The molecule has 1 rings (SSSR count). The summed E-state index contributed by atoms with van der Waals surface area (Å²) in [6, 6.07) is 3.40. The Labute approximate surface area is 84.5 Å². The van der Waals surface area contributed by atoms with Gasteiger partial charge in [-0.15, -0.1) is 0 Å². The maximum atomic E-state index is 10.7. The summed E-state index contributed by atoms with van der Waals surface area (Å²) in [5.74, 6) is 0.225. The molecule has 0 saturated carbocycles. The molecule has 0 spiro atoms. The fourth-order valence-electron chi connectivity index (χ4n) is 1.46. The molecule has 0 aromatic heterocycles. The van der Waals surface area contributed by atoms with Gasteiger partial charge in [-0.25, -0.2) is 0 Å². The number of benzene rings is 1. The number of amides is 1. The zero-order chi connectivity index (χ0) is 10.7. The van der Waals surface area contributed by atoms with Crippen molar-refractivity contribution in [2.45, 2.75) is 20.4 Å². The number of aryl methyl sites for hydroxylation is 2. The van der Waals surface area contributed by atoms with E-state index in [0.29, 0.717) is 6.54 Å². The van der Waals surface area contributed by atoms with Gasteiger partial charge in [-0.3, -0.25) is 4.79 Å². The van der Waals surface area contributed by atoms with Crippen molar-refractivity contribution in [3.05, 3.63) is 28.8 Å². The molecule has 0 radical (unpaired) electrons. The van der Waals surface area contributed by atoms with Crippen LogP contribution in [0.4, 0.5) is 4.79 Å². The normalized spacial score (nSPS) is 9.86. The molecule has 0 unspecified atom stereocenters. The van der Waals surface area contributed by atoms with Crippen LogP contribution < -0.4 is 5.32 Å². The quantitative estimate of drug-likeness (QED) is 0.680. The first-order chi connectivity index (χ1) is 6.50. The van der Waals surface area contributed by atoms with Crippen LogP contribution in [0.15, 0.2) is 12.1 Å². The van der Waals surface area contributed by atoms with Crippen LogP contribution in [0.2, 0.25) is 0 Å². The van der Waals surface area contributed by atoms with E-state index >= 15 is 0 Å². The van der Waals surface area contributed by atoms with Crippen molar-refractivity contribution < 1.29 is 9.90 Å². The van der Waals surface area contributed by atoms with E-state index in [1.807, 2.05) is 13.8 Å². The van der Waals surface area contributed by atoms with Crippen LogP contribution in [-0.2, 0) is 6.54 Å². The Kier molecular flexibility index (Phi) is 3.17. The summed E-state index contributed by atoms with van der Waals surface area (Å²) in [6.45, 7) is 4.36. The van der Waals surface area contributed by atoms with Crippen LogP contribution >= 0.6 is 0 Å². The molecule has 0 saturated heterocycles. The monoisotopic (exact) mass is 191 g/mol. The number of aromatic hydroxyl groups is 1. The Bertz CT molecular complexity index is 340. The summed E-state index contributed by atoms with van der Waals surface area (Å²) in [5.41, 5.74) is 3.06. The van der Waals surface area contributed by atoms with Crippen LogP contribution in [0, 0.1) is 13.8 Å². The predicted octanol–water partition coefficient (Wildman–Crippen LogP) is 0.852. The molecule has 14 heavy (non-hydrogen) atoms. The zero-order valence-corrected chi connectivity index (χ0v) is 8.72. The number of nitrogens with one attached hydrogen (secondary N) is 1. The number of hydrogen-bond acceptors (Lipinski definition) is 2. The molecular weight excluding hydrogens is 177 g/mol. The first-order valence-electron chi connectivity index (χ1n) is 4.54. The lowest BCUT2D eigenvalue weighted by atomic mass is 10.0. The van der Waals surface area contributed by atoms with E-state index in [2.05, 4.69) is 5.32 Å². The van der Waals surface area contributed by atoms with E-state index in [1.165, 1.54) is 7.85 Å². The number of rotatable bonds is 2. The van der Waals surface area contributed by atoms with E-state index < -0.39 is 0 Å². The van der Waals surface area contributed by atoms with Gasteiger partial charge in [0.05, 0.1) is 0 Å². The maximum Gasteiger partial charge on any atom is 0.215 e. The Morgan fingerprint density at radius 3 is 2.36 bits per heavy atom. The molecule has 0 bridgehead atoms. The standard InChI is InChI=1S/C10H14BNO2/c1-6-3-8(13)4-7(2)9(6)5-12-10(11)14/h3-4,13H,5,11H2,1-2H3,(H,12,14). The van der Waals surface area contributed by atoms with Gasteiger partial charge in [0, 0.05) is 6.54 Å². The average Bonchev–Trinajstić information content (AvgIpc) is 2.01. The summed E-state index contributed by atoms with van der Waals surface area (Å²) >= 11 is 0. The Balaban J connectivity index is 2.91. The summed E-state index contributed by atoms with van der Waals surface area (Å²) in [7, 11) is 1.49. The second-order valence-corrected chi connectivity index (χ2v) is 3.47. The van der Waals surface area contributed by atoms with Gasteiger partial charge in [0.15, 0.2) is 5.81 Å². The van der Waals surface area contributed by atoms with Crippen molar-refractivity contribution in [1.29, 1.82) is 0 Å². The Morgan fingerprint density at radius 1 is 1.43 bits per heavy atom. The largest absolute Gasteiger partial charge is 0.508 e. The molecule has 0 fully saturated rings. The van der Waals surface area contributed by atoms with E-state index in [1.54, 1.807) is 12.1 Å². The molecule has 0 aliphatic rings. The van der Waals surface area contributed by atoms with E-state index in [-0.39, 0.29) is 11.6 Å². The molecule has 2 N–H and O–H groups in total. The van der Waals surface area contributed by atoms with Gasteiger partial charge < -0.3 is 10.4 Å². The number of phenolic OH excluding ortho intramolecular Hbond substituents is 1. The molecule has 74 valence electrons. The van der Waals surface area contributed by atoms with Crippen molar-refractivity contribution in [3.63, 3.8) is 0 Å². The Hall–Kier alpha value is -1.45. The lowest BCUT2D eigenvalue weighted by Crippen LogP contribution is -2.21. The average molecular weight is 191 g/mol. The smallest absolute Gasteiger partial charge is 0.215 e. The fraction of sp³-hybridized carbons (Fsp3) is 0.300. The van der Waals surface area contributed by atoms with Crippen molar-refractivity contribution in [1.82, 2.24) is 5.32 Å². The topological polar surface area (TPSA) is 49.3 Å². The van der Waals surface area contributed by atoms with E-state index in [4.69, 9.17) is 0 Å². The van der Waals surface area contributed by atoms with Crippen molar-refractivity contribution in [2.75, 3.05) is 0 Å². The molecule has 1 aromatic carbocycles. The zero-order valence-electron chi connectivity index (χ0n) is 8.72. The molecule has 0 aliphatic heterocycles. The van der Waals surface area contributed by atoms with E-state index in [0.717, 1.165) is 16.7 Å². The highest BCUT2D eigenvalue weighted by atomic mass is 16.3. The van der Waals surface area contributed by atoms with Crippen LogP contribution in [0.1, 0.15) is 16.7 Å². The van der Waals surface area contributed by atoms with E-state index in [9.17, 15) is 9.90 Å². The summed E-state index contributed by atoms with van der Waals surface area (Å²) in [5, 5.41) is 12.1. The van der Waals surface area contributed by atoms with Crippen LogP contribution in [0.3, 0.4) is 0 Å². The van der Waals surface area contributed by atoms with Gasteiger partial charge >= 0.3 is 0 Å². The summed E-state index contributed by atoms with van der Waals surface area (Å²) < 4.78 is 0. The van der Waals surface area contributed by atoms with Crippen LogP contribution in [0.25, 0.3) is 0 Å². The van der Waals surface area contributed by atoms with Crippen molar-refractivity contribution in [2.24, 2.45) is 0 Å². The van der Waals surface area contributed by atoms with Gasteiger partial charge in [-0.1, -0.05) is 0 Å². The molecular formula is C10H14BNO2. The van der Waals surface area contributed by atoms with Crippen LogP contribution in [0.5, 0.6) is 5.75 Å². The van der Waals surface area contributed by atoms with Crippen molar-refractivity contribution in [3.8, 4) is 5.75 Å². The minimum Gasteiger partial charge on any atom is -0.508 e. The maximum absolute atomic E-state index is 10.7. The molecule has 1 aromatic rings. The summed E-state index contributed by atoms with van der Waals surface area (Å²) in [4.78, 5) is 10.7. The second-order valence-electron chi connectivity index (χ2n) is 3.47. The lowest BCUT2D eigenvalue weighted by Gasteiger charge is -2.10. The molecule has 4 heteroatoms. The predicted molar refractivity (Wildman–Crippen MR) is 58.4 cm³/mol. The van der Waals surface area contributed by atoms with Crippen LogP contribution in [-0.4, -0.2) is 18.8 Å². The highest BCUT2D eigenvalue weighted by Gasteiger charge is 2.04. The van der Waals surface area contributed by atoms with Gasteiger partial charge in [0.1, 0.15) is 5.75 Å². The van der Waals surface area contributed by atoms with Crippen molar-refractivity contribution >= 4 is 13.7 Å². The molecule has 1 amide bonds. The minimum absolute atomic E-state index is 0.0446. The third kappa shape index (κ3) is 2.52. The number of carbonyl (C=O) groups excluding carboxylic acids is 1. The molecule has 0 aliphatic carbocycles.